The van der Waals surface area contributed by atoms with Gasteiger partial charge < -0.3 is 5.32 Å². The Labute approximate surface area is 178 Å². The van der Waals surface area contributed by atoms with Gasteiger partial charge >= 0.3 is 0 Å². The van der Waals surface area contributed by atoms with Crippen LogP contribution in [0.3, 0.4) is 0 Å². The largest absolute Gasteiger partial charge is 0.306 e. The number of fused-ring (bicyclic) bond motifs is 1. The van der Waals surface area contributed by atoms with E-state index in [4.69, 9.17) is 0 Å². The molecule has 5 rings (SSSR count). The molecule has 0 aliphatic rings. The summed E-state index contributed by atoms with van der Waals surface area (Å²) in [6.45, 7) is 3.85. The number of aromatic nitrogens is 6. The van der Waals surface area contributed by atoms with Crippen molar-refractivity contribution >= 4 is 22.8 Å². The van der Waals surface area contributed by atoms with Gasteiger partial charge in [0.05, 0.1) is 23.0 Å². The van der Waals surface area contributed by atoms with Gasteiger partial charge in [-0.2, -0.15) is 14.9 Å². The Hall–Kier alpha value is -4.33. The number of benzene rings is 2. The molecule has 5 aromatic rings. The van der Waals surface area contributed by atoms with Crippen molar-refractivity contribution in [3.63, 3.8) is 0 Å². The SMILES string of the molecule is Cc1ccc(C(=O)Nc2cc(C)nn2-c2ncnc3c2cnn3-c2ccccc2)cc1. The first-order valence-electron chi connectivity index (χ1n) is 9.79. The number of anilines is 1. The highest BCUT2D eigenvalue weighted by atomic mass is 16.1. The number of nitrogens with one attached hydrogen (secondary N) is 1. The van der Waals surface area contributed by atoms with Crippen LogP contribution >= 0.6 is 0 Å². The molecule has 8 heteroatoms. The van der Waals surface area contributed by atoms with Gasteiger partial charge in [-0.15, -0.1) is 0 Å². The number of nitrogens with zero attached hydrogens (tertiary/aromatic N) is 6. The van der Waals surface area contributed by atoms with Gasteiger partial charge in [0.2, 0.25) is 0 Å². The van der Waals surface area contributed by atoms with Crippen LogP contribution in [0.4, 0.5) is 5.82 Å². The predicted octanol–water partition coefficient (Wildman–Crippen LogP) is 3.87. The Morgan fingerprint density at radius 1 is 0.935 bits per heavy atom. The number of aryl methyl sites for hydroxylation is 2. The number of hydrogen-bond acceptors (Lipinski definition) is 5. The molecule has 0 bridgehead atoms. The minimum atomic E-state index is -0.216. The number of hydrogen-bond donors (Lipinski definition) is 1. The maximum Gasteiger partial charge on any atom is 0.256 e. The molecule has 152 valence electrons. The zero-order valence-electron chi connectivity index (χ0n) is 17.0. The summed E-state index contributed by atoms with van der Waals surface area (Å²) < 4.78 is 3.36. The van der Waals surface area contributed by atoms with Gasteiger partial charge in [-0.25, -0.2) is 14.6 Å². The van der Waals surface area contributed by atoms with Gasteiger partial charge in [-0.05, 0) is 38.1 Å². The summed E-state index contributed by atoms with van der Waals surface area (Å²) in [5.74, 6) is 0.849. The van der Waals surface area contributed by atoms with Gasteiger partial charge in [0.15, 0.2) is 11.5 Å². The molecule has 0 aliphatic carbocycles. The Balaban J connectivity index is 1.56. The van der Waals surface area contributed by atoms with Crippen molar-refractivity contribution < 1.29 is 4.79 Å². The summed E-state index contributed by atoms with van der Waals surface area (Å²) >= 11 is 0. The van der Waals surface area contributed by atoms with Gasteiger partial charge in [0.25, 0.3) is 5.91 Å². The molecule has 31 heavy (non-hydrogen) atoms. The second kappa shape index (κ2) is 7.49. The van der Waals surface area contributed by atoms with Crippen molar-refractivity contribution in [1.82, 2.24) is 29.5 Å². The van der Waals surface area contributed by atoms with Crippen LogP contribution < -0.4 is 5.32 Å². The lowest BCUT2D eigenvalue weighted by Crippen LogP contribution is -2.15. The number of carbonyl (C=O) groups is 1. The molecule has 0 radical (unpaired) electrons. The van der Waals surface area contributed by atoms with Crippen molar-refractivity contribution in [2.24, 2.45) is 0 Å². The maximum atomic E-state index is 12.8. The van der Waals surface area contributed by atoms with Crippen LogP contribution in [0, 0.1) is 13.8 Å². The fourth-order valence-corrected chi connectivity index (χ4v) is 3.40. The third-order valence-electron chi connectivity index (χ3n) is 4.93. The van der Waals surface area contributed by atoms with E-state index >= 15 is 0 Å². The van der Waals surface area contributed by atoms with Crippen LogP contribution in [0.2, 0.25) is 0 Å². The highest BCUT2D eigenvalue weighted by Gasteiger charge is 2.18. The first kappa shape index (κ1) is 18.7. The van der Waals surface area contributed by atoms with Crippen LogP contribution in [0.15, 0.2) is 73.2 Å². The minimum Gasteiger partial charge on any atom is -0.306 e. The molecule has 1 amide bonds. The van der Waals surface area contributed by atoms with Crippen LogP contribution in [0.5, 0.6) is 0 Å². The van der Waals surface area contributed by atoms with Crippen molar-refractivity contribution in [3.05, 3.63) is 90.0 Å². The Kier molecular flexibility index (Phi) is 4.51. The second-order valence-corrected chi connectivity index (χ2v) is 7.23. The fourth-order valence-electron chi connectivity index (χ4n) is 3.40. The van der Waals surface area contributed by atoms with Crippen LogP contribution in [-0.2, 0) is 0 Å². The van der Waals surface area contributed by atoms with Crippen molar-refractivity contribution in [2.75, 3.05) is 5.32 Å². The third kappa shape index (κ3) is 3.44. The second-order valence-electron chi connectivity index (χ2n) is 7.23. The molecule has 1 N–H and O–H groups in total. The van der Waals surface area contributed by atoms with Crippen molar-refractivity contribution in [2.45, 2.75) is 13.8 Å². The van der Waals surface area contributed by atoms with E-state index in [1.165, 1.54) is 6.33 Å². The molecule has 0 unspecified atom stereocenters. The van der Waals surface area contributed by atoms with Crippen LogP contribution in [-0.4, -0.2) is 35.4 Å². The highest BCUT2D eigenvalue weighted by Crippen LogP contribution is 2.24. The average molecular weight is 409 g/mol. The smallest absolute Gasteiger partial charge is 0.256 e. The zero-order valence-corrected chi connectivity index (χ0v) is 17.0. The molecule has 8 nitrogen and oxygen atoms in total. The van der Waals surface area contributed by atoms with Gasteiger partial charge in [-0.3, -0.25) is 4.79 Å². The van der Waals surface area contributed by atoms with E-state index in [-0.39, 0.29) is 5.91 Å². The van der Waals surface area contributed by atoms with Crippen LogP contribution in [0.1, 0.15) is 21.6 Å². The first-order valence-corrected chi connectivity index (χ1v) is 9.79. The predicted molar refractivity (Wildman–Crippen MR) is 118 cm³/mol. The van der Waals surface area contributed by atoms with E-state index in [1.54, 1.807) is 27.7 Å². The van der Waals surface area contributed by atoms with Crippen molar-refractivity contribution in [3.8, 4) is 11.5 Å². The molecule has 0 fully saturated rings. The summed E-state index contributed by atoms with van der Waals surface area (Å²) in [6, 6.07) is 19.0. The minimum absolute atomic E-state index is 0.216. The van der Waals surface area contributed by atoms with Gasteiger partial charge in [0.1, 0.15) is 12.1 Å². The van der Waals surface area contributed by atoms with Crippen LogP contribution in [0.25, 0.3) is 22.5 Å². The van der Waals surface area contributed by atoms with Gasteiger partial charge in [0, 0.05) is 11.6 Å². The molecule has 0 aliphatic heterocycles. The molecule has 0 saturated carbocycles. The third-order valence-corrected chi connectivity index (χ3v) is 4.93. The van der Waals surface area contributed by atoms with E-state index in [2.05, 4.69) is 25.5 Å². The van der Waals surface area contributed by atoms with Gasteiger partial charge in [-0.1, -0.05) is 35.9 Å². The summed E-state index contributed by atoms with van der Waals surface area (Å²) in [6.07, 6.45) is 3.18. The maximum absolute atomic E-state index is 12.8. The summed E-state index contributed by atoms with van der Waals surface area (Å²) in [7, 11) is 0. The van der Waals surface area contributed by atoms with Crippen molar-refractivity contribution in [1.29, 1.82) is 0 Å². The lowest BCUT2D eigenvalue weighted by Gasteiger charge is -2.09. The summed E-state index contributed by atoms with van der Waals surface area (Å²) in [5, 5.41) is 12.7. The topological polar surface area (TPSA) is 90.5 Å². The number of rotatable bonds is 4. The van der Waals surface area contributed by atoms with E-state index in [9.17, 15) is 4.79 Å². The standard InChI is InChI=1S/C23H19N7O/c1-15-8-10-17(11-9-15)23(31)27-20-12-16(2)28-30(20)22-19-13-26-29(21(19)24-14-25-22)18-6-4-3-5-7-18/h3-14H,1-2H3,(H,27,31). The molecule has 3 heterocycles. The Morgan fingerprint density at radius 2 is 1.71 bits per heavy atom. The summed E-state index contributed by atoms with van der Waals surface area (Å²) in [5.41, 5.74) is 3.96. The molecule has 2 aromatic carbocycles. The molecule has 0 spiro atoms. The van der Waals surface area contributed by atoms with E-state index in [1.807, 2.05) is 62.4 Å². The zero-order chi connectivity index (χ0) is 21.4. The molecular formula is C23H19N7O. The highest BCUT2D eigenvalue weighted by molar-refractivity contribution is 6.04. The summed E-state index contributed by atoms with van der Waals surface area (Å²) in [4.78, 5) is 21.6. The average Bonchev–Trinajstić information content (AvgIpc) is 3.38. The Morgan fingerprint density at radius 3 is 2.48 bits per heavy atom. The number of para-hydroxylation sites is 1. The Bertz CT molecular complexity index is 1390. The first-order chi connectivity index (χ1) is 15.1. The lowest BCUT2D eigenvalue weighted by atomic mass is 10.1. The monoisotopic (exact) mass is 409 g/mol. The molecule has 3 aromatic heterocycles. The number of carbonyl (C=O) groups excluding carboxylic acids is 1. The normalized spacial score (nSPS) is 11.0. The fraction of sp³-hybridized carbons (Fsp3) is 0.0870. The molecule has 0 saturated heterocycles. The molecular weight excluding hydrogens is 390 g/mol. The quantitative estimate of drug-likeness (QED) is 0.487. The molecule has 0 atom stereocenters. The number of amides is 1. The van der Waals surface area contributed by atoms with E-state index in [0.29, 0.717) is 22.8 Å². The van der Waals surface area contributed by atoms with E-state index in [0.717, 1.165) is 22.3 Å². The van der Waals surface area contributed by atoms with E-state index < -0.39 is 0 Å². The lowest BCUT2D eigenvalue weighted by molar-refractivity contribution is 0.102.